The highest BCUT2D eigenvalue weighted by Crippen LogP contribution is 2.33. The lowest BCUT2D eigenvalue weighted by atomic mass is 10.1. The maximum absolute atomic E-state index is 12.7. The third-order valence-electron chi connectivity index (χ3n) is 3.62. The number of carbonyl (C=O) groups excluding carboxylic acids is 1. The number of hydrogen-bond donors (Lipinski definition) is 0. The molecule has 0 radical (unpaired) electrons. The Morgan fingerprint density at radius 3 is 2.78 bits per heavy atom. The van der Waals surface area contributed by atoms with Gasteiger partial charge in [0.25, 0.3) is 5.91 Å². The van der Waals surface area contributed by atoms with Crippen molar-refractivity contribution in [3.8, 4) is 17.2 Å². The van der Waals surface area contributed by atoms with E-state index in [2.05, 4.69) is 0 Å². The number of benzene rings is 2. The van der Waals surface area contributed by atoms with Crippen molar-refractivity contribution in [3.63, 3.8) is 0 Å². The van der Waals surface area contributed by atoms with E-state index in [0.717, 1.165) is 17.1 Å². The molecule has 1 heterocycles. The molecule has 0 spiro atoms. The predicted octanol–water partition coefficient (Wildman–Crippen LogP) is 3.09. The molecule has 1 amide bonds. The van der Waals surface area contributed by atoms with Gasteiger partial charge in [-0.15, -0.1) is 0 Å². The average Bonchev–Trinajstić information content (AvgIpc) is 3.02. The van der Waals surface area contributed by atoms with Crippen LogP contribution in [0.3, 0.4) is 0 Å². The summed E-state index contributed by atoms with van der Waals surface area (Å²) in [6, 6.07) is 13.0. The van der Waals surface area contributed by atoms with Gasteiger partial charge in [0, 0.05) is 13.6 Å². The zero-order valence-electron chi connectivity index (χ0n) is 13.2. The first-order valence-electron chi connectivity index (χ1n) is 7.55. The van der Waals surface area contributed by atoms with Crippen molar-refractivity contribution < 1.29 is 19.0 Å². The Kier molecular flexibility index (Phi) is 4.37. The SMILES string of the molecule is CCOc1ccccc1C(=O)N(C)Cc1ccc2c(c1)OCO2. The van der Waals surface area contributed by atoms with E-state index in [1.165, 1.54) is 0 Å². The summed E-state index contributed by atoms with van der Waals surface area (Å²) in [7, 11) is 1.77. The maximum Gasteiger partial charge on any atom is 0.257 e. The second-order valence-corrected chi connectivity index (χ2v) is 5.28. The fraction of sp³-hybridized carbons (Fsp3) is 0.278. The fourth-order valence-corrected chi connectivity index (χ4v) is 2.52. The van der Waals surface area contributed by atoms with Crippen molar-refractivity contribution in [1.82, 2.24) is 4.90 Å². The van der Waals surface area contributed by atoms with Crippen molar-refractivity contribution in [2.45, 2.75) is 13.5 Å². The summed E-state index contributed by atoms with van der Waals surface area (Å²) in [4.78, 5) is 14.3. The first-order chi connectivity index (χ1) is 11.2. The Morgan fingerprint density at radius 2 is 1.96 bits per heavy atom. The molecule has 23 heavy (non-hydrogen) atoms. The second-order valence-electron chi connectivity index (χ2n) is 5.28. The third kappa shape index (κ3) is 3.23. The molecule has 0 saturated carbocycles. The topological polar surface area (TPSA) is 48.0 Å². The molecule has 2 aromatic rings. The molecule has 1 aliphatic rings. The fourth-order valence-electron chi connectivity index (χ4n) is 2.52. The maximum atomic E-state index is 12.7. The summed E-state index contributed by atoms with van der Waals surface area (Å²) in [5, 5.41) is 0. The van der Waals surface area contributed by atoms with Crippen LogP contribution in [0.25, 0.3) is 0 Å². The van der Waals surface area contributed by atoms with Crippen molar-refractivity contribution in [3.05, 3.63) is 53.6 Å². The highest BCUT2D eigenvalue weighted by molar-refractivity contribution is 5.96. The molecular weight excluding hydrogens is 294 g/mol. The number of amides is 1. The standard InChI is InChI=1S/C18H19NO4/c1-3-21-15-7-5-4-6-14(15)18(20)19(2)11-13-8-9-16-17(10-13)23-12-22-16/h4-10H,3,11-12H2,1-2H3. The molecule has 5 nitrogen and oxygen atoms in total. The van der Waals surface area contributed by atoms with Crippen molar-refractivity contribution >= 4 is 5.91 Å². The van der Waals surface area contributed by atoms with Crippen molar-refractivity contribution in [1.29, 1.82) is 0 Å². The molecule has 0 saturated heterocycles. The summed E-state index contributed by atoms with van der Waals surface area (Å²) in [6.45, 7) is 3.15. The lowest BCUT2D eigenvalue weighted by Gasteiger charge is -2.19. The van der Waals surface area contributed by atoms with Gasteiger partial charge in [-0.2, -0.15) is 0 Å². The number of fused-ring (bicyclic) bond motifs is 1. The zero-order valence-corrected chi connectivity index (χ0v) is 13.2. The summed E-state index contributed by atoms with van der Waals surface area (Å²) in [5.41, 5.74) is 1.55. The van der Waals surface area contributed by atoms with Gasteiger partial charge < -0.3 is 19.1 Å². The van der Waals surface area contributed by atoms with Gasteiger partial charge >= 0.3 is 0 Å². The van der Waals surface area contributed by atoms with Gasteiger partial charge in [-0.25, -0.2) is 0 Å². The second kappa shape index (κ2) is 6.60. The average molecular weight is 313 g/mol. The van der Waals surface area contributed by atoms with Gasteiger partial charge in [-0.3, -0.25) is 4.79 Å². The summed E-state index contributed by atoms with van der Waals surface area (Å²) in [6.07, 6.45) is 0. The summed E-state index contributed by atoms with van der Waals surface area (Å²) < 4.78 is 16.2. The minimum absolute atomic E-state index is 0.0771. The Labute approximate surface area is 135 Å². The highest BCUT2D eigenvalue weighted by Gasteiger charge is 2.18. The number of nitrogens with zero attached hydrogens (tertiary/aromatic N) is 1. The lowest BCUT2D eigenvalue weighted by molar-refractivity contribution is 0.0781. The summed E-state index contributed by atoms with van der Waals surface area (Å²) in [5.74, 6) is 1.99. The molecule has 120 valence electrons. The Morgan fingerprint density at radius 1 is 1.17 bits per heavy atom. The number of rotatable bonds is 5. The van der Waals surface area contributed by atoms with E-state index >= 15 is 0 Å². The Bertz CT molecular complexity index is 714. The number of ether oxygens (including phenoxy) is 3. The molecule has 1 aliphatic heterocycles. The van der Waals surface area contributed by atoms with Crippen LogP contribution >= 0.6 is 0 Å². The van der Waals surface area contributed by atoms with E-state index < -0.39 is 0 Å². The molecule has 0 unspecified atom stereocenters. The van der Waals surface area contributed by atoms with Crippen molar-refractivity contribution in [2.75, 3.05) is 20.4 Å². The zero-order chi connectivity index (χ0) is 16.2. The van der Waals surface area contributed by atoms with Crippen LogP contribution < -0.4 is 14.2 Å². The Balaban J connectivity index is 1.75. The molecule has 0 bridgehead atoms. The largest absolute Gasteiger partial charge is 0.493 e. The molecular formula is C18H19NO4. The first kappa shape index (κ1) is 15.2. The van der Waals surface area contributed by atoms with Crippen LogP contribution in [-0.2, 0) is 6.54 Å². The predicted molar refractivity (Wildman–Crippen MR) is 86.0 cm³/mol. The van der Waals surface area contributed by atoms with Gasteiger partial charge in [0.2, 0.25) is 6.79 Å². The van der Waals surface area contributed by atoms with Crippen LogP contribution in [0.4, 0.5) is 0 Å². The van der Waals surface area contributed by atoms with Crippen molar-refractivity contribution in [2.24, 2.45) is 0 Å². The van der Waals surface area contributed by atoms with Crippen LogP contribution in [0.15, 0.2) is 42.5 Å². The van der Waals surface area contributed by atoms with E-state index in [4.69, 9.17) is 14.2 Å². The Hall–Kier alpha value is -2.69. The molecule has 0 fully saturated rings. The van der Waals surface area contributed by atoms with Crippen LogP contribution in [0.5, 0.6) is 17.2 Å². The van der Waals surface area contributed by atoms with Gasteiger partial charge in [0.05, 0.1) is 12.2 Å². The monoisotopic (exact) mass is 313 g/mol. The van der Waals surface area contributed by atoms with Gasteiger partial charge in [0.1, 0.15) is 5.75 Å². The van der Waals surface area contributed by atoms with E-state index in [9.17, 15) is 4.79 Å². The van der Waals surface area contributed by atoms with Gasteiger partial charge in [-0.05, 0) is 36.8 Å². The van der Waals surface area contributed by atoms with Crippen LogP contribution in [0.1, 0.15) is 22.8 Å². The highest BCUT2D eigenvalue weighted by atomic mass is 16.7. The molecule has 0 aromatic heterocycles. The number of hydrogen-bond acceptors (Lipinski definition) is 4. The molecule has 0 atom stereocenters. The minimum Gasteiger partial charge on any atom is -0.493 e. The summed E-state index contributed by atoms with van der Waals surface area (Å²) >= 11 is 0. The molecule has 2 aromatic carbocycles. The van der Waals surface area contributed by atoms with E-state index in [1.54, 1.807) is 18.0 Å². The normalized spacial score (nSPS) is 12.1. The van der Waals surface area contributed by atoms with Crippen LogP contribution in [0.2, 0.25) is 0 Å². The molecule has 0 aliphatic carbocycles. The van der Waals surface area contributed by atoms with E-state index in [0.29, 0.717) is 24.5 Å². The van der Waals surface area contributed by atoms with Crippen LogP contribution in [0, 0.1) is 0 Å². The first-order valence-corrected chi connectivity index (χ1v) is 7.55. The number of carbonyl (C=O) groups is 1. The molecule has 0 N–H and O–H groups in total. The molecule has 5 heteroatoms. The van der Waals surface area contributed by atoms with E-state index in [-0.39, 0.29) is 12.7 Å². The van der Waals surface area contributed by atoms with E-state index in [1.807, 2.05) is 43.3 Å². The number of para-hydroxylation sites is 1. The van der Waals surface area contributed by atoms with Gasteiger partial charge in [0.15, 0.2) is 11.5 Å². The van der Waals surface area contributed by atoms with Crippen LogP contribution in [-0.4, -0.2) is 31.3 Å². The smallest absolute Gasteiger partial charge is 0.257 e. The quantitative estimate of drug-likeness (QED) is 0.851. The lowest BCUT2D eigenvalue weighted by Crippen LogP contribution is -2.26. The third-order valence-corrected chi connectivity index (χ3v) is 3.62. The van der Waals surface area contributed by atoms with Gasteiger partial charge in [-0.1, -0.05) is 18.2 Å². The minimum atomic E-state index is -0.0771. The molecule has 3 rings (SSSR count).